The molecule has 0 radical (unpaired) electrons. The van der Waals surface area contributed by atoms with Crippen LogP contribution in [0.1, 0.15) is 16.7 Å². The van der Waals surface area contributed by atoms with Gasteiger partial charge in [0.2, 0.25) is 5.91 Å². The van der Waals surface area contributed by atoms with E-state index in [1.165, 1.54) is 11.8 Å². The Morgan fingerprint density at radius 1 is 1.10 bits per heavy atom. The van der Waals surface area contributed by atoms with Gasteiger partial charge in [-0.1, -0.05) is 18.2 Å². The fourth-order valence-electron chi connectivity index (χ4n) is 1.97. The average molecular weight is 300 g/mol. The molecule has 2 aromatic rings. The Balaban J connectivity index is 1.99. The molecule has 0 saturated carbocycles. The molecule has 0 spiro atoms. The molecule has 0 aliphatic rings. The predicted molar refractivity (Wildman–Crippen MR) is 90.9 cm³/mol. The van der Waals surface area contributed by atoms with E-state index in [0.717, 1.165) is 27.3 Å². The third kappa shape index (κ3) is 4.26. The van der Waals surface area contributed by atoms with Crippen molar-refractivity contribution in [1.82, 2.24) is 0 Å². The number of amides is 1. The summed E-state index contributed by atoms with van der Waals surface area (Å²) in [5.41, 5.74) is 10.8. The molecule has 4 heteroatoms. The van der Waals surface area contributed by atoms with Crippen LogP contribution < -0.4 is 11.1 Å². The second kappa shape index (κ2) is 6.68. The van der Waals surface area contributed by atoms with Gasteiger partial charge < -0.3 is 11.1 Å². The van der Waals surface area contributed by atoms with Crippen LogP contribution in [-0.2, 0) is 4.79 Å². The highest BCUT2D eigenvalue weighted by Crippen LogP contribution is 2.26. The second-order valence-electron chi connectivity index (χ2n) is 5.20. The zero-order valence-electron chi connectivity index (χ0n) is 12.6. The number of nitrogens with two attached hydrogens (primary N) is 1. The molecule has 110 valence electrons. The Morgan fingerprint density at radius 2 is 1.76 bits per heavy atom. The molecule has 0 saturated heterocycles. The molecule has 0 unspecified atom stereocenters. The molecule has 3 N–H and O–H groups in total. The zero-order chi connectivity index (χ0) is 15.4. The fraction of sp³-hybridized carbons (Fsp3) is 0.235. The molecule has 0 aromatic heterocycles. The lowest BCUT2D eigenvalue weighted by molar-refractivity contribution is -0.113. The van der Waals surface area contributed by atoms with Crippen LogP contribution in [0, 0.1) is 20.8 Å². The molecule has 0 aliphatic carbocycles. The SMILES string of the molecule is Cc1ccc(C)c(NC(=O)CSc2cc(C)ccc2N)c1. The number of rotatable bonds is 4. The standard InChI is InChI=1S/C17H20N2OS/c1-11-4-6-13(3)15(8-11)19-17(20)10-21-16-9-12(2)5-7-14(16)18/h4-9H,10,18H2,1-3H3,(H,19,20). The van der Waals surface area contributed by atoms with Crippen molar-refractivity contribution in [3.8, 4) is 0 Å². The van der Waals surface area contributed by atoms with Gasteiger partial charge >= 0.3 is 0 Å². The Kier molecular flexibility index (Phi) is 4.91. The number of benzene rings is 2. The second-order valence-corrected chi connectivity index (χ2v) is 6.21. The summed E-state index contributed by atoms with van der Waals surface area (Å²) in [6.07, 6.45) is 0. The van der Waals surface area contributed by atoms with Gasteiger partial charge in [-0.25, -0.2) is 0 Å². The van der Waals surface area contributed by atoms with E-state index in [9.17, 15) is 4.79 Å². The molecule has 3 nitrogen and oxygen atoms in total. The first-order chi connectivity index (χ1) is 9.95. The lowest BCUT2D eigenvalue weighted by Gasteiger charge is -2.10. The summed E-state index contributed by atoms with van der Waals surface area (Å²) in [4.78, 5) is 13.0. The van der Waals surface area contributed by atoms with E-state index in [-0.39, 0.29) is 5.91 Å². The van der Waals surface area contributed by atoms with Gasteiger partial charge in [0.25, 0.3) is 0 Å². The third-order valence-electron chi connectivity index (χ3n) is 3.19. The maximum Gasteiger partial charge on any atom is 0.234 e. The molecule has 0 atom stereocenters. The largest absolute Gasteiger partial charge is 0.398 e. The van der Waals surface area contributed by atoms with Crippen molar-refractivity contribution in [3.63, 3.8) is 0 Å². The van der Waals surface area contributed by atoms with Crippen LogP contribution in [0.15, 0.2) is 41.3 Å². The maximum atomic E-state index is 12.1. The lowest BCUT2D eigenvalue weighted by Crippen LogP contribution is -2.15. The van der Waals surface area contributed by atoms with Gasteiger partial charge in [-0.3, -0.25) is 4.79 Å². The van der Waals surface area contributed by atoms with Crippen molar-refractivity contribution in [2.75, 3.05) is 16.8 Å². The maximum absolute atomic E-state index is 12.1. The molecular formula is C17H20N2OS. The molecule has 1 amide bonds. The number of thioether (sulfide) groups is 1. The van der Waals surface area contributed by atoms with E-state index < -0.39 is 0 Å². The topological polar surface area (TPSA) is 55.1 Å². The molecule has 2 aromatic carbocycles. The van der Waals surface area contributed by atoms with Crippen molar-refractivity contribution >= 4 is 29.0 Å². The summed E-state index contributed by atoms with van der Waals surface area (Å²) in [5, 5.41) is 2.95. The molecule has 0 heterocycles. The Morgan fingerprint density at radius 3 is 2.52 bits per heavy atom. The number of aryl methyl sites for hydroxylation is 3. The third-order valence-corrected chi connectivity index (χ3v) is 4.27. The average Bonchev–Trinajstić information content (AvgIpc) is 2.44. The number of hydrogen-bond donors (Lipinski definition) is 2. The molecule has 0 bridgehead atoms. The summed E-state index contributed by atoms with van der Waals surface area (Å²) >= 11 is 1.46. The van der Waals surface area contributed by atoms with Crippen LogP contribution in [0.25, 0.3) is 0 Å². The van der Waals surface area contributed by atoms with Crippen molar-refractivity contribution in [2.24, 2.45) is 0 Å². The zero-order valence-corrected chi connectivity index (χ0v) is 13.4. The minimum atomic E-state index is -0.0189. The Hall–Kier alpha value is -1.94. The first-order valence-corrected chi connectivity index (χ1v) is 7.80. The molecule has 2 rings (SSSR count). The normalized spacial score (nSPS) is 10.4. The number of nitrogens with one attached hydrogen (secondary N) is 1. The van der Waals surface area contributed by atoms with E-state index in [1.54, 1.807) is 0 Å². The highest BCUT2D eigenvalue weighted by molar-refractivity contribution is 8.00. The Bertz CT molecular complexity index is 668. The summed E-state index contributed by atoms with van der Waals surface area (Å²) in [6, 6.07) is 11.9. The van der Waals surface area contributed by atoms with E-state index in [1.807, 2.05) is 57.2 Å². The summed E-state index contributed by atoms with van der Waals surface area (Å²) in [7, 11) is 0. The van der Waals surface area contributed by atoms with Crippen LogP contribution in [-0.4, -0.2) is 11.7 Å². The minimum absolute atomic E-state index is 0.0189. The quantitative estimate of drug-likeness (QED) is 0.664. The molecule has 0 fully saturated rings. The van der Waals surface area contributed by atoms with Crippen LogP contribution in [0.5, 0.6) is 0 Å². The van der Waals surface area contributed by atoms with Gasteiger partial charge in [-0.05, 0) is 55.7 Å². The first kappa shape index (κ1) is 15.4. The minimum Gasteiger partial charge on any atom is -0.398 e. The van der Waals surface area contributed by atoms with Gasteiger partial charge in [0.05, 0.1) is 5.75 Å². The summed E-state index contributed by atoms with van der Waals surface area (Å²) in [6.45, 7) is 6.01. The monoisotopic (exact) mass is 300 g/mol. The van der Waals surface area contributed by atoms with Gasteiger partial charge in [0.1, 0.15) is 0 Å². The van der Waals surface area contributed by atoms with Crippen molar-refractivity contribution in [1.29, 1.82) is 0 Å². The van der Waals surface area contributed by atoms with Crippen LogP contribution >= 0.6 is 11.8 Å². The fourth-order valence-corrected chi connectivity index (χ4v) is 2.83. The predicted octanol–water partition coefficient (Wildman–Crippen LogP) is 3.92. The lowest BCUT2D eigenvalue weighted by atomic mass is 10.1. The van der Waals surface area contributed by atoms with E-state index in [4.69, 9.17) is 5.73 Å². The van der Waals surface area contributed by atoms with Gasteiger partial charge in [-0.2, -0.15) is 0 Å². The van der Waals surface area contributed by atoms with Gasteiger partial charge in [0.15, 0.2) is 0 Å². The number of nitrogen functional groups attached to an aromatic ring is 1. The smallest absolute Gasteiger partial charge is 0.234 e. The van der Waals surface area contributed by atoms with E-state index in [0.29, 0.717) is 11.4 Å². The van der Waals surface area contributed by atoms with Crippen LogP contribution in [0.3, 0.4) is 0 Å². The molecule has 21 heavy (non-hydrogen) atoms. The number of carbonyl (C=O) groups excluding carboxylic acids is 1. The van der Waals surface area contributed by atoms with Gasteiger partial charge in [-0.15, -0.1) is 11.8 Å². The number of anilines is 2. The van der Waals surface area contributed by atoms with E-state index >= 15 is 0 Å². The van der Waals surface area contributed by atoms with Gasteiger partial charge in [0, 0.05) is 16.3 Å². The highest BCUT2D eigenvalue weighted by atomic mass is 32.2. The van der Waals surface area contributed by atoms with Crippen molar-refractivity contribution < 1.29 is 4.79 Å². The number of hydrogen-bond acceptors (Lipinski definition) is 3. The molecular weight excluding hydrogens is 280 g/mol. The van der Waals surface area contributed by atoms with Crippen molar-refractivity contribution in [2.45, 2.75) is 25.7 Å². The Labute approximate surface area is 129 Å². The van der Waals surface area contributed by atoms with E-state index in [2.05, 4.69) is 5.32 Å². The first-order valence-electron chi connectivity index (χ1n) is 6.82. The molecule has 0 aliphatic heterocycles. The van der Waals surface area contributed by atoms with Crippen LogP contribution in [0.4, 0.5) is 11.4 Å². The van der Waals surface area contributed by atoms with Crippen LogP contribution in [0.2, 0.25) is 0 Å². The summed E-state index contributed by atoms with van der Waals surface area (Å²) < 4.78 is 0. The summed E-state index contributed by atoms with van der Waals surface area (Å²) in [5.74, 6) is 0.329. The highest BCUT2D eigenvalue weighted by Gasteiger charge is 2.08. The number of carbonyl (C=O) groups is 1. The van der Waals surface area contributed by atoms with Crippen molar-refractivity contribution in [3.05, 3.63) is 53.1 Å².